The van der Waals surface area contributed by atoms with Crippen LogP contribution in [0.4, 0.5) is 11.4 Å². The van der Waals surface area contributed by atoms with Crippen LogP contribution < -0.4 is 15.4 Å². The molecule has 0 aliphatic rings. The Morgan fingerprint density at radius 3 is 2.41 bits per heavy atom. The Labute approximate surface area is 172 Å². The number of anilines is 2. The molecule has 2 aromatic rings. The molecule has 2 rings (SSSR count). The molecule has 0 spiro atoms. The summed E-state index contributed by atoms with van der Waals surface area (Å²) in [6.45, 7) is 1.29. The highest BCUT2D eigenvalue weighted by Crippen LogP contribution is 2.30. The van der Waals surface area contributed by atoms with Gasteiger partial charge in [-0.2, -0.15) is 5.26 Å². The zero-order chi connectivity index (χ0) is 21.4. The Morgan fingerprint density at radius 2 is 1.79 bits per heavy atom. The van der Waals surface area contributed by atoms with E-state index < -0.39 is 24.4 Å². The van der Waals surface area contributed by atoms with Crippen molar-refractivity contribution in [3.05, 3.63) is 52.5 Å². The summed E-state index contributed by atoms with van der Waals surface area (Å²) in [5.74, 6) is -1.31. The Morgan fingerprint density at radius 1 is 1.10 bits per heavy atom. The summed E-state index contributed by atoms with van der Waals surface area (Å²) in [6, 6.07) is 10.8. The molecule has 0 bridgehead atoms. The summed E-state index contributed by atoms with van der Waals surface area (Å²) >= 11 is 6.03. The van der Waals surface area contributed by atoms with Crippen molar-refractivity contribution in [2.45, 2.75) is 13.3 Å². The van der Waals surface area contributed by atoms with E-state index in [1.165, 1.54) is 31.4 Å². The van der Waals surface area contributed by atoms with Gasteiger partial charge in [0.05, 0.1) is 24.4 Å². The third-order valence-electron chi connectivity index (χ3n) is 3.73. The van der Waals surface area contributed by atoms with Crippen LogP contribution in [0.2, 0.25) is 5.02 Å². The van der Waals surface area contributed by atoms with Crippen LogP contribution in [0.15, 0.2) is 36.4 Å². The molecule has 8 nitrogen and oxygen atoms in total. The van der Waals surface area contributed by atoms with Crippen LogP contribution in [0.5, 0.6) is 5.75 Å². The highest BCUT2D eigenvalue weighted by molar-refractivity contribution is 6.31. The molecule has 0 atom stereocenters. The van der Waals surface area contributed by atoms with Gasteiger partial charge in [-0.05, 0) is 42.8 Å². The molecule has 0 fully saturated rings. The van der Waals surface area contributed by atoms with E-state index in [0.717, 1.165) is 5.56 Å². The van der Waals surface area contributed by atoms with Crippen LogP contribution in [0.1, 0.15) is 22.3 Å². The number of halogens is 1. The van der Waals surface area contributed by atoms with Gasteiger partial charge in [0.1, 0.15) is 12.2 Å². The molecule has 2 amide bonds. The lowest BCUT2D eigenvalue weighted by atomic mass is 10.2. The zero-order valence-corrected chi connectivity index (χ0v) is 16.5. The van der Waals surface area contributed by atoms with Crippen LogP contribution in [-0.2, 0) is 14.3 Å². The first-order valence-corrected chi connectivity index (χ1v) is 8.79. The van der Waals surface area contributed by atoms with Crippen molar-refractivity contribution in [2.24, 2.45) is 0 Å². The molecule has 0 radical (unpaired) electrons. The number of amides is 2. The van der Waals surface area contributed by atoms with Gasteiger partial charge in [-0.3, -0.25) is 9.59 Å². The van der Waals surface area contributed by atoms with Crippen LogP contribution in [-0.4, -0.2) is 31.5 Å². The highest BCUT2D eigenvalue weighted by atomic mass is 35.5. The van der Waals surface area contributed by atoms with E-state index in [4.69, 9.17) is 26.3 Å². The highest BCUT2D eigenvalue weighted by Gasteiger charge is 2.14. The van der Waals surface area contributed by atoms with E-state index in [0.29, 0.717) is 22.1 Å². The largest absolute Gasteiger partial charge is 0.495 e. The molecule has 0 saturated carbocycles. The first kappa shape index (κ1) is 21.7. The average Bonchev–Trinajstić information content (AvgIpc) is 2.69. The average molecular weight is 416 g/mol. The molecule has 0 unspecified atom stereocenters. The predicted molar refractivity (Wildman–Crippen MR) is 107 cm³/mol. The topological polar surface area (TPSA) is 118 Å². The van der Waals surface area contributed by atoms with Gasteiger partial charge in [-0.15, -0.1) is 0 Å². The number of carbonyl (C=O) groups is 3. The molecule has 9 heteroatoms. The van der Waals surface area contributed by atoms with Crippen molar-refractivity contribution in [2.75, 3.05) is 24.4 Å². The van der Waals surface area contributed by atoms with Crippen molar-refractivity contribution < 1.29 is 23.9 Å². The van der Waals surface area contributed by atoms with Gasteiger partial charge in [0, 0.05) is 16.8 Å². The van der Waals surface area contributed by atoms with Gasteiger partial charge in [0.2, 0.25) is 5.91 Å². The number of rotatable bonds is 7. The fourth-order valence-electron chi connectivity index (χ4n) is 2.30. The van der Waals surface area contributed by atoms with Gasteiger partial charge in [-0.25, -0.2) is 4.79 Å². The predicted octanol–water partition coefficient (Wildman–Crippen LogP) is 3.30. The summed E-state index contributed by atoms with van der Waals surface area (Å²) in [6.07, 6.45) is -0.267. The summed E-state index contributed by atoms with van der Waals surface area (Å²) < 4.78 is 10.2. The summed E-state index contributed by atoms with van der Waals surface area (Å²) in [7, 11) is 1.45. The maximum Gasteiger partial charge on any atom is 0.338 e. The van der Waals surface area contributed by atoms with Crippen LogP contribution >= 0.6 is 11.6 Å². The quantitative estimate of drug-likeness (QED) is 0.670. The number of hydrogen-bond donors (Lipinski definition) is 2. The van der Waals surface area contributed by atoms with E-state index >= 15 is 0 Å². The minimum absolute atomic E-state index is 0.205. The van der Waals surface area contributed by atoms with Crippen LogP contribution in [0.25, 0.3) is 0 Å². The van der Waals surface area contributed by atoms with Crippen molar-refractivity contribution in [1.82, 2.24) is 0 Å². The third kappa shape index (κ3) is 6.23. The second-order valence-electron chi connectivity index (χ2n) is 5.89. The molecular formula is C20H18ClN3O5. The number of nitriles is 1. The SMILES string of the molecule is COc1cc(Cl)c(C)cc1NC(=O)COC(=O)c1ccc(NC(=O)CC#N)cc1. The number of aryl methyl sites for hydroxylation is 1. The maximum atomic E-state index is 12.1. The first-order valence-electron chi connectivity index (χ1n) is 8.42. The van der Waals surface area contributed by atoms with E-state index in [-0.39, 0.29) is 12.0 Å². The summed E-state index contributed by atoms with van der Waals surface area (Å²) in [4.78, 5) is 35.5. The van der Waals surface area contributed by atoms with E-state index in [1.807, 2.05) is 0 Å². The van der Waals surface area contributed by atoms with Crippen molar-refractivity contribution in [3.8, 4) is 11.8 Å². The van der Waals surface area contributed by atoms with E-state index in [9.17, 15) is 14.4 Å². The molecular weight excluding hydrogens is 398 g/mol. The third-order valence-corrected chi connectivity index (χ3v) is 4.14. The lowest BCUT2D eigenvalue weighted by molar-refractivity contribution is -0.119. The molecule has 2 N–H and O–H groups in total. The monoisotopic (exact) mass is 415 g/mol. The number of methoxy groups -OCH3 is 1. The number of benzene rings is 2. The number of ether oxygens (including phenoxy) is 2. The van der Waals surface area contributed by atoms with Crippen molar-refractivity contribution in [3.63, 3.8) is 0 Å². The molecule has 0 aliphatic carbocycles. The standard InChI is InChI=1S/C20H18ClN3O5/c1-12-9-16(17(28-2)10-15(12)21)24-19(26)11-29-20(27)13-3-5-14(6-4-13)23-18(25)7-8-22/h3-6,9-10H,7,11H2,1-2H3,(H,23,25)(H,24,26). The Bertz CT molecular complexity index is 967. The summed E-state index contributed by atoms with van der Waals surface area (Å²) in [5, 5.41) is 14.1. The number of hydrogen-bond acceptors (Lipinski definition) is 6. The zero-order valence-electron chi connectivity index (χ0n) is 15.7. The van der Waals surface area contributed by atoms with Crippen molar-refractivity contribution in [1.29, 1.82) is 5.26 Å². The molecule has 150 valence electrons. The van der Waals surface area contributed by atoms with E-state index in [1.54, 1.807) is 25.1 Å². The van der Waals surface area contributed by atoms with Gasteiger partial charge in [-0.1, -0.05) is 11.6 Å². The van der Waals surface area contributed by atoms with Gasteiger partial charge in [0.25, 0.3) is 5.91 Å². The minimum atomic E-state index is -0.700. The maximum absolute atomic E-state index is 12.1. The van der Waals surface area contributed by atoms with Gasteiger partial charge < -0.3 is 20.1 Å². The molecule has 0 saturated heterocycles. The molecule has 29 heavy (non-hydrogen) atoms. The molecule has 2 aromatic carbocycles. The molecule has 0 aliphatic heterocycles. The Kier molecular flexibility index (Phi) is 7.57. The number of nitrogens with zero attached hydrogens (tertiary/aromatic N) is 1. The molecule has 0 heterocycles. The Hall–Kier alpha value is -3.57. The lowest BCUT2D eigenvalue weighted by Gasteiger charge is -2.12. The van der Waals surface area contributed by atoms with E-state index in [2.05, 4.69) is 10.6 Å². The normalized spacial score (nSPS) is 9.86. The molecule has 0 aromatic heterocycles. The lowest BCUT2D eigenvalue weighted by Crippen LogP contribution is -2.21. The van der Waals surface area contributed by atoms with Gasteiger partial charge >= 0.3 is 5.97 Å². The summed E-state index contributed by atoms with van der Waals surface area (Å²) in [5.41, 5.74) is 1.80. The first-order chi connectivity index (χ1) is 13.8. The fraction of sp³-hybridized carbons (Fsp3) is 0.200. The second kappa shape index (κ2) is 10.1. The fourth-order valence-corrected chi connectivity index (χ4v) is 2.45. The smallest absolute Gasteiger partial charge is 0.338 e. The van der Waals surface area contributed by atoms with Crippen LogP contribution in [0, 0.1) is 18.3 Å². The minimum Gasteiger partial charge on any atom is -0.495 e. The number of carbonyl (C=O) groups excluding carboxylic acids is 3. The number of nitrogens with one attached hydrogen (secondary N) is 2. The van der Waals surface area contributed by atoms with Crippen LogP contribution in [0.3, 0.4) is 0 Å². The number of esters is 1. The van der Waals surface area contributed by atoms with Gasteiger partial charge in [0.15, 0.2) is 6.61 Å². The van der Waals surface area contributed by atoms with Crippen molar-refractivity contribution >= 4 is 40.8 Å². The Balaban J connectivity index is 1.92. The second-order valence-corrected chi connectivity index (χ2v) is 6.29.